The summed E-state index contributed by atoms with van der Waals surface area (Å²) < 4.78 is 29.4. The van der Waals surface area contributed by atoms with E-state index < -0.39 is 10.0 Å². The van der Waals surface area contributed by atoms with Crippen molar-refractivity contribution in [1.29, 1.82) is 5.26 Å². The van der Waals surface area contributed by atoms with Gasteiger partial charge in [-0.15, -0.1) is 0 Å². The molecule has 0 radical (unpaired) electrons. The monoisotopic (exact) mass is 422 g/mol. The fraction of sp³-hybridized carbons (Fsp3) is 0.391. The van der Waals surface area contributed by atoms with Gasteiger partial charge in [-0.3, -0.25) is 0 Å². The first kappa shape index (κ1) is 20.6. The molecule has 0 saturated heterocycles. The van der Waals surface area contributed by atoms with E-state index in [2.05, 4.69) is 36.1 Å². The Morgan fingerprint density at radius 1 is 1.20 bits per heavy atom. The third-order valence-electron chi connectivity index (χ3n) is 5.20. The molecule has 7 heteroatoms. The number of benzene rings is 1. The molecule has 1 aliphatic carbocycles. The summed E-state index contributed by atoms with van der Waals surface area (Å²) in [6, 6.07) is 13.5. The summed E-state index contributed by atoms with van der Waals surface area (Å²) in [6.07, 6.45) is 3.48. The van der Waals surface area contributed by atoms with Crippen molar-refractivity contribution >= 4 is 21.1 Å². The molecule has 1 aromatic carbocycles. The summed E-state index contributed by atoms with van der Waals surface area (Å²) in [5.74, 6) is 0. The summed E-state index contributed by atoms with van der Waals surface area (Å²) >= 11 is 0. The summed E-state index contributed by atoms with van der Waals surface area (Å²) in [7, 11) is -3.26. The largest absolute Gasteiger partial charge is 0.332 e. The van der Waals surface area contributed by atoms with Gasteiger partial charge in [0.15, 0.2) is 0 Å². The van der Waals surface area contributed by atoms with Gasteiger partial charge in [-0.2, -0.15) is 5.26 Å². The molecule has 6 nitrogen and oxygen atoms in total. The van der Waals surface area contributed by atoms with E-state index in [4.69, 9.17) is 4.98 Å². The lowest BCUT2D eigenvalue weighted by atomic mass is 9.97. The molecule has 1 fully saturated rings. The smallest absolute Gasteiger partial charge is 0.214 e. The first-order valence-corrected chi connectivity index (χ1v) is 11.7. The van der Waals surface area contributed by atoms with Crippen LogP contribution in [0.5, 0.6) is 0 Å². The third-order valence-corrected chi connectivity index (χ3v) is 7.10. The second kappa shape index (κ2) is 7.53. The van der Waals surface area contributed by atoms with E-state index in [0.29, 0.717) is 5.56 Å². The number of pyridine rings is 1. The Bertz CT molecular complexity index is 1240. The predicted molar refractivity (Wildman–Crippen MR) is 118 cm³/mol. The molecular weight excluding hydrogens is 396 g/mol. The summed E-state index contributed by atoms with van der Waals surface area (Å²) in [6.45, 7) is 7.47. The number of rotatable bonds is 6. The predicted octanol–water partition coefficient (Wildman–Crippen LogP) is 4.20. The van der Waals surface area contributed by atoms with E-state index in [1.165, 1.54) is 0 Å². The van der Waals surface area contributed by atoms with Crippen LogP contribution >= 0.6 is 0 Å². The lowest BCUT2D eigenvalue weighted by Gasteiger charge is -2.19. The van der Waals surface area contributed by atoms with Crippen molar-refractivity contribution < 1.29 is 8.42 Å². The van der Waals surface area contributed by atoms with Crippen LogP contribution in [-0.4, -0.2) is 23.2 Å². The second-order valence-corrected chi connectivity index (χ2v) is 11.2. The number of nitrogens with one attached hydrogen (secondary N) is 1. The van der Waals surface area contributed by atoms with Crippen LogP contribution in [0, 0.1) is 16.7 Å². The van der Waals surface area contributed by atoms with E-state index in [9.17, 15) is 13.7 Å². The molecular formula is C23H26N4O2S. The average molecular weight is 423 g/mol. The van der Waals surface area contributed by atoms with Gasteiger partial charge in [-0.25, -0.2) is 18.1 Å². The minimum atomic E-state index is -3.26. The average Bonchev–Trinajstić information content (AvgIpc) is 3.51. The van der Waals surface area contributed by atoms with Gasteiger partial charge in [0, 0.05) is 30.2 Å². The van der Waals surface area contributed by atoms with Crippen LogP contribution in [0.15, 0.2) is 42.6 Å². The highest BCUT2D eigenvalue weighted by Crippen LogP contribution is 2.30. The third kappa shape index (κ3) is 4.25. The zero-order chi connectivity index (χ0) is 21.5. The fourth-order valence-electron chi connectivity index (χ4n) is 3.64. The number of nitrogens with zero attached hydrogens (tertiary/aromatic N) is 3. The summed E-state index contributed by atoms with van der Waals surface area (Å²) in [5, 5.41) is 10.1. The van der Waals surface area contributed by atoms with Gasteiger partial charge in [-0.1, -0.05) is 39.0 Å². The van der Waals surface area contributed by atoms with Crippen molar-refractivity contribution in [3.8, 4) is 17.3 Å². The zero-order valence-corrected chi connectivity index (χ0v) is 18.3. The minimum absolute atomic E-state index is 0.0268. The fourth-order valence-corrected chi connectivity index (χ4v) is 4.99. The molecule has 30 heavy (non-hydrogen) atoms. The number of sulfonamides is 1. The maximum atomic E-state index is 12.3. The van der Waals surface area contributed by atoms with Crippen molar-refractivity contribution in [2.45, 2.75) is 52.0 Å². The Labute approximate surface area is 177 Å². The number of fused-ring (bicyclic) bond motifs is 1. The van der Waals surface area contributed by atoms with E-state index in [0.717, 1.165) is 47.2 Å². The molecule has 2 heterocycles. The van der Waals surface area contributed by atoms with Crippen LogP contribution in [0.3, 0.4) is 0 Å². The zero-order valence-electron chi connectivity index (χ0n) is 17.5. The molecule has 4 rings (SSSR count). The van der Waals surface area contributed by atoms with Gasteiger partial charge in [0.05, 0.1) is 22.6 Å². The first-order valence-electron chi connectivity index (χ1n) is 10.1. The number of aromatic nitrogens is 2. The Kier molecular flexibility index (Phi) is 5.16. The Morgan fingerprint density at radius 2 is 1.93 bits per heavy atom. The van der Waals surface area contributed by atoms with Crippen LogP contribution in [0.2, 0.25) is 0 Å². The molecule has 0 amide bonds. The van der Waals surface area contributed by atoms with Gasteiger partial charge in [-0.05, 0) is 42.0 Å². The number of hydrogen-bond acceptors (Lipinski definition) is 4. The highest BCUT2D eigenvalue weighted by atomic mass is 32.2. The van der Waals surface area contributed by atoms with E-state index in [1.54, 1.807) is 6.07 Å². The number of hydrogen-bond donors (Lipinski definition) is 1. The highest BCUT2D eigenvalue weighted by molar-refractivity contribution is 7.90. The molecule has 1 saturated carbocycles. The van der Waals surface area contributed by atoms with Crippen LogP contribution in [-0.2, 0) is 23.1 Å². The normalized spacial score (nSPS) is 14.7. The molecule has 0 atom stereocenters. The SMILES string of the molecule is CC(C)(C)Cn1cc(CNS(=O)(=O)C2CC2)c2ccc(-c3ccccc3C#N)nc21. The lowest BCUT2D eigenvalue weighted by Crippen LogP contribution is -2.26. The van der Waals surface area contributed by atoms with E-state index >= 15 is 0 Å². The summed E-state index contributed by atoms with van der Waals surface area (Å²) in [5.41, 5.74) is 3.84. The molecule has 0 spiro atoms. The minimum Gasteiger partial charge on any atom is -0.332 e. The highest BCUT2D eigenvalue weighted by Gasteiger charge is 2.35. The molecule has 0 aliphatic heterocycles. The lowest BCUT2D eigenvalue weighted by molar-refractivity contribution is 0.348. The Hall–Kier alpha value is -2.69. The van der Waals surface area contributed by atoms with Crippen LogP contribution in [0.4, 0.5) is 0 Å². The van der Waals surface area contributed by atoms with Gasteiger partial charge in [0.2, 0.25) is 10.0 Å². The first-order chi connectivity index (χ1) is 14.2. The van der Waals surface area contributed by atoms with Crippen molar-refractivity contribution in [1.82, 2.24) is 14.3 Å². The van der Waals surface area contributed by atoms with Crippen LogP contribution in [0.1, 0.15) is 44.7 Å². The molecule has 1 aliphatic rings. The van der Waals surface area contributed by atoms with Crippen molar-refractivity contribution in [3.63, 3.8) is 0 Å². The maximum Gasteiger partial charge on any atom is 0.214 e. The van der Waals surface area contributed by atoms with Crippen molar-refractivity contribution in [3.05, 3.63) is 53.7 Å². The van der Waals surface area contributed by atoms with Crippen LogP contribution in [0.25, 0.3) is 22.3 Å². The molecule has 2 aromatic heterocycles. The van der Waals surface area contributed by atoms with Gasteiger partial charge < -0.3 is 4.57 Å². The van der Waals surface area contributed by atoms with Gasteiger partial charge in [0.1, 0.15) is 5.65 Å². The Balaban J connectivity index is 1.77. The Morgan fingerprint density at radius 3 is 2.60 bits per heavy atom. The topological polar surface area (TPSA) is 87.8 Å². The molecule has 0 bridgehead atoms. The van der Waals surface area contributed by atoms with E-state index in [1.807, 2.05) is 36.5 Å². The molecule has 156 valence electrons. The standard InChI is InChI=1S/C23H26N4O2S/c1-23(2,3)15-27-14-17(13-25-30(28,29)18-8-9-18)20-10-11-21(26-22(20)27)19-7-5-4-6-16(19)12-24/h4-7,10-11,14,18,25H,8-9,13,15H2,1-3H3. The van der Waals surface area contributed by atoms with Gasteiger partial charge >= 0.3 is 0 Å². The van der Waals surface area contributed by atoms with Crippen molar-refractivity contribution in [2.24, 2.45) is 5.41 Å². The van der Waals surface area contributed by atoms with Gasteiger partial charge in [0.25, 0.3) is 0 Å². The van der Waals surface area contributed by atoms with Crippen molar-refractivity contribution in [2.75, 3.05) is 0 Å². The summed E-state index contributed by atoms with van der Waals surface area (Å²) in [4.78, 5) is 4.89. The molecule has 3 aromatic rings. The van der Waals surface area contributed by atoms with E-state index in [-0.39, 0.29) is 17.2 Å². The maximum absolute atomic E-state index is 12.3. The number of nitriles is 1. The quantitative estimate of drug-likeness (QED) is 0.645. The second-order valence-electron chi connectivity index (χ2n) is 9.13. The molecule has 0 unspecified atom stereocenters. The molecule has 1 N–H and O–H groups in total. The van der Waals surface area contributed by atoms with Crippen LogP contribution < -0.4 is 4.72 Å².